The summed E-state index contributed by atoms with van der Waals surface area (Å²) in [5.41, 5.74) is 4.27. The highest BCUT2D eigenvalue weighted by molar-refractivity contribution is 5.94. The summed E-state index contributed by atoms with van der Waals surface area (Å²) in [5.74, 6) is -0.113. The Morgan fingerprint density at radius 3 is 2.52 bits per heavy atom. The Hall–Kier alpha value is -2.96. The van der Waals surface area contributed by atoms with Gasteiger partial charge < -0.3 is 10.2 Å². The highest BCUT2D eigenvalue weighted by Gasteiger charge is 2.28. The third-order valence-corrected chi connectivity index (χ3v) is 5.06. The van der Waals surface area contributed by atoms with Crippen LogP contribution in [0.15, 0.2) is 30.3 Å². The van der Waals surface area contributed by atoms with Crippen LogP contribution >= 0.6 is 0 Å². The van der Waals surface area contributed by atoms with Gasteiger partial charge in [-0.05, 0) is 51.3 Å². The van der Waals surface area contributed by atoms with Gasteiger partial charge in [0.05, 0.1) is 16.3 Å². The lowest BCUT2D eigenvalue weighted by molar-refractivity contribution is -0.384. The van der Waals surface area contributed by atoms with Crippen LogP contribution < -0.4 is 10.2 Å². The minimum atomic E-state index is -0.357. The summed E-state index contributed by atoms with van der Waals surface area (Å²) in [4.78, 5) is 30.0. The first kappa shape index (κ1) is 18.8. The first-order valence-corrected chi connectivity index (χ1v) is 9.11. The van der Waals surface area contributed by atoms with Gasteiger partial charge in [-0.1, -0.05) is 12.1 Å². The van der Waals surface area contributed by atoms with Crippen LogP contribution in [-0.2, 0) is 4.79 Å². The normalized spacial score (nSPS) is 14.9. The van der Waals surface area contributed by atoms with Crippen LogP contribution in [0.3, 0.4) is 0 Å². The van der Waals surface area contributed by atoms with Crippen molar-refractivity contribution in [3.63, 3.8) is 0 Å². The molecule has 0 unspecified atom stereocenters. The number of carbonyl (C=O) groups excluding carboxylic acids is 1. The molecule has 1 aromatic carbocycles. The number of pyridine rings is 1. The number of para-hydroxylation sites is 2. The van der Waals surface area contributed by atoms with Crippen molar-refractivity contribution in [2.24, 2.45) is 5.92 Å². The Bertz CT molecular complexity index is 850. The van der Waals surface area contributed by atoms with Gasteiger partial charge in [0.2, 0.25) is 5.91 Å². The van der Waals surface area contributed by atoms with Crippen molar-refractivity contribution in [2.75, 3.05) is 23.3 Å². The Morgan fingerprint density at radius 1 is 1.22 bits per heavy atom. The number of hydrogen-bond acceptors (Lipinski definition) is 5. The number of anilines is 2. The van der Waals surface area contributed by atoms with Crippen LogP contribution in [0.25, 0.3) is 0 Å². The highest BCUT2D eigenvalue weighted by Crippen LogP contribution is 2.31. The second-order valence-corrected chi connectivity index (χ2v) is 7.04. The molecule has 0 saturated carbocycles. The van der Waals surface area contributed by atoms with Gasteiger partial charge in [0, 0.05) is 30.8 Å². The average Bonchev–Trinajstić information content (AvgIpc) is 2.64. The molecule has 0 aliphatic carbocycles. The molecule has 2 heterocycles. The molecule has 0 spiro atoms. The van der Waals surface area contributed by atoms with E-state index in [2.05, 4.69) is 10.3 Å². The van der Waals surface area contributed by atoms with Gasteiger partial charge in [0.1, 0.15) is 5.69 Å². The lowest BCUT2D eigenvalue weighted by atomic mass is 9.95. The van der Waals surface area contributed by atoms with Gasteiger partial charge in [0.25, 0.3) is 5.69 Å². The summed E-state index contributed by atoms with van der Waals surface area (Å²) in [6.45, 7) is 7.03. The van der Waals surface area contributed by atoms with Crippen LogP contribution in [-0.4, -0.2) is 28.9 Å². The van der Waals surface area contributed by atoms with Gasteiger partial charge in [-0.15, -0.1) is 0 Å². The Kier molecular flexibility index (Phi) is 5.39. The number of carbonyl (C=O) groups is 1. The minimum Gasteiger partial charge on any atom is -0.366 e. The summed E-state index contributed by atoms with van der Waals surface area (Å²) in [7, 11) is 0. The van der Waals surface area contributed by atoms with Gasteiger partial charge in [-0.3, -0.25) is 19.9 Å². The molecule has 1 aromatic heterocycles. The van der Waals surface area contributed by atoms with Gasteiger partial charge in [-0.25, -0.2) is 0 Å². The second kappa shape index (κ2) is 7.73. The summed E-state index contributed by atoms with van der Waals surface area (Å²) >= 11 is 0. The lowest BCUT2D eigenvalue weighted by Crippen LogP contribution is -2.38. The predicted molar refractivity (Wildman–Crippen MR) is 105 cm³/mol. The number of hydrogen-bond donors (Lipinski definition) is 1. The van der Waals surface area contributed by atoms with Crippen molar-refractivity contribution in [2.45, 2.75) is 33.6 Å². The minimum absolute atomic E-state index is 0.00550. The molecule has 7 heteroatoms. The average molecular weight is 368 g/mol. The standard InChI is InChI=1S/C20H24N4O3/c1-13-12-14(2)21-15(3)19(13)22-20(25)16-8-10-23(11-9-16)17-6-4-5-7-18(17)24(26)27/h4-7,12,16H,8-11H2,1-3H3,(H,22,25). The largest absolute Gasteiger partial charge is 0.366 e. The van der Waals surface area contributed by atoms with E-state index in [-0.39, 0.29) is 22.4 Å². The van der Waals surface area contributed by atoms with E-state index in [1.807, 2.05) is 31.7 Å². The van der Waals surface area contributed by atoms with Crippen molar-refractivity contribution in [3.05, 3.63) is 57.4 Å². The molecule has 2 aromatic rings. The van der Waals surface area contributed by atoms with Crippen LogP contribution in [0.4, 0.5) is 17.1 Å². The molecule has 0 atom stereocenters. The van der Waals surface area contributed by atoms with Gasteiger partial charge in [0.15, 0.2) is 0 Å². The molecule has 0 radical (unpaired) electrons. The zero-order valence-corrected chi connectivity index (χ0v) is 15.9. The number of rotatable bonds is 4. The monoisotopic (exact) mass is 368 g/mol. The maximum atomic E-state index is 12.7. The number of nitrogens with zero attached hydrogens (tertiary/aromatic N) is 3. The summed E-state index contributed by atoms with van der Waals surface area (Å²) in [6.07, 6.45) is 1.32. The van der Waals surface area contributed by atoms with Crippen LogP contribution in [0.1, 0.15) is 29.8 Å². The van der Waals surface area contributed by atoms with Crippen molar-refractivity contribution in [1.29, 1.82) is 0 Å². The van der Waals surface area contributed by atoms with Crippen molar-refractivity contribution in [1.82, 2.24) is 4.98 Å². The number of benzene rings is 1. The number of piperidine rings is 1. The molecule has 1 amide bonds. The molecule has 142 valence electrons. The van der Waals surface area contributed by atoms with Gasteiger partial charge in [-0.2, -0.15) is 0 Å². The summed E-state index contributed by atoms with van der Waals surface area (Å²) in [5, 5.41) is 14.3. The fourth-order valence-corrected chi connectivity index (χ4v) is 3.71. The lowest BCUT2D eigenvalue weighted by Gasteiger charge is -2.32. The van der Waals surface area contributed by atoms with Gasteiger partial charge >= 0.3 is 0 Å². The molecule has 3 rings (SSSR count). The van der Waals surface area contributed by atoms with Crippen LogP contribution in [0.2, 0.25) is 0 Å². The Balaban J connectivity index is 1.66. The van der Waals surface area contributed by atoms with E-state index in [0.717, 1.165) is 22.6 Å². The van der Waals surface area contributed by atoms with Crippen molar-refractivity contribution in [3.8, 4) is 0 Å². The zero-order chi connectivity index (χ0) is 19.6. The number of aromatic nitrogens is 1. The van der Waals surface area contributed by atoms with E-state index >= 15 is 0 Å². The van der Waals surface area contributed by atoms with E-state index in [9.17, 15) is 14.9 Å². The smallest absolute Gasteiger partial charge is 0.292 e. The number of nitrogens with one attached hydrogen (secondary N) is 1. The van der Waals surface area contributed by atoms with Crippen LogP contribution in [0.5, 0.6) is 0 Å². The fourth-order valence-electron chi connectivity index (χ4n) is 3.71. The van der Waals surface area contributed by atoms with E-state index < -0.39 is 0 Å². The SMILES string of the molecule is Cc1cc(C)c(NC(=O)C2CCN(c3ccccc3[N+](=O)[O-])CC2)c(C)n1. The van der Waals surface area contributed by atoms with E-state index in [1.165, 1.54) is 6.07 Å². The molecule has 1 aliphatic rings. The Labute approximate surface area is 158 Å². The number of nitro benzene ring substituents is 1. The van der Waals surface area contributed by atoms with Crippen LogP contribution in [0, 0.1) is 36.8 Å². The maximum absolute atomic E-state index is 12.7. The molecule has 1 N–H and O–H groups in total. The first-order chi connectivity index (χ1) is 12.9. The number of aryl methyl sites for hydroxylation is 3. The molecule has 1 aliphatic heterocycles. The van der Waals surface area contributed by atoms with Crippen molar-refractivity contribution >= 4 is 23.0 Å². The molecule has 27 heavy (non-hydrogen) atoms. The molecular formula is C20H24N4O3. The number of nitro groups is 1. The quantitative estimate of drug-likeness (QED) is 0.655. The van der Waals surface area contributed by atoms with E-state index in [0.29, 0.717) is 31.6 Å². The predicted octanol–water partition coefficient (Wildman–Crippen LogP) is 3.77. The third kappa shape index (κ3) is 4.07. The summed E-state index contributed by atoms with van der Waals surface area (Å²) < 4.78 is 0. The molecule has 1 saturated heterocycles. The van der Waals surface area contributed by atoms with E-state index in [1.54, 1.807) is 18.2 Å². The van der Waals surface area contributed by atoms with E-state index in [4.69, 9.17) is 0 Å². The maximum Gasteiger partial charge on any atom is 0.292 e. The Morgan fingerprint density at radius 2 is 1.89 bits per heavy atom. The molecule has 1 fully saturated rings. The molecular weight excluding hydrogens is 344 g/mol. The highest BCUT2D eigenvalue weighted by atomic mass is 16.6. The topological polar surface area (TPSA) is 88.4 Å². The first-order valence-electron chi connectivity index (χ1n) is 9.11. The second-order valence-electron chi connectivity index (χ2n) is 7.04. The fraction of sp³-hybridized carbons (Fsp3) is 0.400. The third-order valence-electron chi connectivity index (χ3n) is 5.06. The zero-order valence-electron chi connectivity index (χ0n) is 15.9. The molecule has 7 nitrogen and oxygen atoms in total. The van der Waals surface area contributed by atoms with Crippen molar-refractivity contribution < 1.29 is 9.72 Å². The number of amides is 1. The molecule has 0 bridgehead atoms. The summed E-state index contributed by atoms with van der Waals surface area (Å²) in [6, 6.07) is 8.71.